The van der Waals surface area contributed by atoms with Gasteiger partial charge in [-0.3, -0.25) is 0 Å². The van der Waals surface area contributed by atoms with E-state index in [1.807, 2.05) is 6.07 Å². The number of anilines is 2. The number of rotatable bonds is 4. The molecule has 3 N–H and O–H groups in total. The summed E-state index contributed by atoms with van der Waals surface area (Å²) in [5.41, 5.74) is 9.03. The third kappa shape index (κ3) is 3.47. The number of nitrogens with two attached hydrogens (primary N) is 1. The molecule has 0 aliphatic carbocycles. The smallest absolute Gasteiger partial charge is 0.148 e. The average molecular weight is 323 g/mol. The Bertz CT molecular complexity index is 564. The first-order chi connectivity index (χ1) is 9.08. The Balaban J connectivity index is 2.02. The Morgan fingerprint density at radius 2 is 2.05 bits per heavy atom. The Kier molecular flexibility index (Phi) is 4.43. The predicted molar refractivity (Wildman–Crippen MR) is 81.9 cm³/mol. The third-order valence-corrected chi connectivity index (χ3v) is 3.55. The number of aryl methyl sites for hydroxylation is 1. The van der Waals surface area contributed by atoms with Crippen molar-refractivity contribution in [1.82, 2.24) is 0 Å². The second-order valence-electron chi connectivity index (χ2n) is 4.45. The summed E-state index contributed by atoms with van der Waals surface area (Å²) < 4.78 is 14.6. The number of hydrogen-bond acceptors (Lipinski definition) is 2. The largest absolute Gasteiger partial charge is 0.397 e. The van der Waals surface area contributed by atoms with Crippen LogP contribution >= 0.6 is 15.9 Å². The molecule has 0 aromatic heterocycles. The molecule has 0 saturated heterocycles. The number of halogens is 2. The van der Waals surface area contributed by atoms with Crippen LogP contribution < -0.4 is 11.1 Å². The Morgan fingerprint density at radius 3 is 2.79 bits per heavy atom. The van der Waals surface area contributed by atoms with Gasteiger partial charge in [0.05, 0.1) is 11.4 Å². The van der Waals surface area contributed by atoms with Crippen molar-refractivity contribution in [3.63, 3.8) is 0 Å². The molecule has 0 spiro atoms. The van der Waals surface area contributed by atoms with Gasteiger partial charge in [0, 0.05) is 11.0 Å². The summed E-state index contributed by atoms with van der Waals surface area (Å²) in [7, 11) is 0. The summed E-state index contributed by atoms with van der Waals surface area (Å²) in [5.74, 6) is -0.314. The Morgan fingerprint density at radius 1 is 1.26 bits per heavy atom. The fourth-order valence-corrected chi connectivity index (χ4v) is 2.37. The summed E-state index contributed by atoms with van der Waals surface area (Å²) in [4.78, 5) is 0. The highest BCUT2D eigenvalue weighted by molar-refractivity contribution is 9.10. The lowest BCUT2D eigenvalue weighted by molar-refractivity contribution is 0.630. The summed E-state index contributed by atoms with van der Waals surface area (Å²) in [6.07, 6.45) is 0.818. The van der Waals surface area contributed by atoms with Crippen LogP contribution in [0.1, 0.15) is 11.1 Å². The average Bonchev–Trinajstić information content (AvgIpc) is 2.37. The maximum absolute atomic E-state index is 13.6. The van der Waals surface area contributed by atoms with Crippen LogP contribution in [0, 0.1) is 12.7 Å². The molecule has 0 heterocycles. The first-order valence-corrected chi connectivity index (χ1v) is 6.90. The lowest BCUT2D eigenvalue weighted by Crippen LogP contribution is -2.09. The van der Waals surface area contributed by atoms with Crippen molar-refractivity contribution < 1.29 is 4.39 Å². The molecule has 19 heavy (non-hydrogen) atoms. The van der Waals surface area contributed by atoms with Gasteiger partial charge in [-0.15, -0.1) is 0 Å². The van der Waals surface area contributed by atoms with Crippen LogP contribution in [0.5, 0.6) is 0 Å². The molecule has 0 fully saturated rings. The summed E-state index contributed by atoms with van der Waals surface area (Å²) in [6, 6.07) is 10.9. The van der Waals surface area contributed by atoms with Crippen LogP contribution in [0.15, 0.2) is 40.9 Å². The van der Waals surface area contributed by atoms with Gasteiger partial charge in [-0.25, -0.2) is 4.39 Å². The molecular formula is C15H16BrFN2. The van der Waals surface area contributed by atoms with Crippen LogP contribution in [-0.4, -0.2) is 6.54 Å². The van der Waals surface area contributed by atoms with E-state index in [9.17, 15) is 4.39 Å². The van der Waals surface area contributed by atoms with Crippen molar-refractivity contribution in [1.29, 1.82) is 0 Å². The predicted octanol–water partition coefficient (Wildman–Crippen LogP) is 4.13. The molecule has 2 aromatic rings. The zero-order valence-electron chi connectivity index (χ0n) is 10.7. The molecule has 0 saturated carbocycles. The van der Waals surface area contributed by atoms with Crippen molar-refractivity contribution >= 4 is 27.3 Å². The van der Waals surface area contributed by atoms with E-state index in [0.717, 1.165) is 10.9 Å². The first-order valence-electron chi connectivity index (χ1n) is 6.11. The molecule has 0 atom stereocenters. The van der Waals surface area contributed by atoms with Crippen molar-refractivity contribution in [2.75, 3.05) is 17.6 Å². The lowest BCUT2D eigenvalue weighted by Gasteiger charge is -2.11. The molecule has 100 valence electrons. The van der Waals surface area contributed by atoms with Crippen LogP contribution in [0.25, 0.3) is 0 Å². The van der Waals surface area contributed by atoms with Gasteiger partial charge in [0.25, 0.3) is 0 Å². The van der Waals surface area contributed by atoms with Gasteiger partial charge < -0.3 is 11.1 Å². The fraction of sp³-hybridized carbons (Fsp3) is 0.200. The minimum Gasteiger partial charge on any atom is -0.397 e. The normalized spacial score (nSPS) is 10.5. The van der Waals surface area contributed by atoms with Crippen molar-refractivity contribution in [2.45, 2.75) is 13.3 Å². The highest BCUT2D eigenvalue weighted by Crippen LogP contribution is 2.22. The zero-order chi connectivity index (χ0) is 13.8. The lowest BCUT2D eigenvalue weighted by atomic mass is 10.1. The standard InChI is InChI=1S/C15H16BrFN2/c1-10-5-6-12(16)9-11(10)7-8-19-15-13(17)3-2-4-14(15)18/h2-6,9,19H,7-8,18H2,1H3. The van der Waals surface area contributed by atoms with Gasteiger partial charge in [-0.2, -0.15) is 0 Å². The minimum atomic E-state index is -0.314. The maximum Gasteiger partial charge on any atom is 0.148 e. The minimum absolute atomic E-state index is 0.314. The van der Waals surface area contributed by atoms with E-state index in [1.165, 1.54) is 17.2 Å². The highest BCUT2D eigenvalue weighted by atomic mass is 79.9. The molecule has 0 aliphatic rings. The van der Waals surface area contributed by atoms with Gasteiger partial charge in [0.15, 0.2) is 0 Å². The van der Waals surface area contributed by atoms with Gasteiger partial charge in [0.2, 0.25) is 0 Å². The van der Waals surface area contributed by atoms with Crippen LogP contribution in [0.3, 0.4) is 0 Å². The van der Waals surface area contributed by atoms with Gasteiger partial charge in [0.1, 0.15) is 5.82 Å². The van der Waals surface area contributed by atoms with Gasteiger partial charge >= 0.3 is 0 Å². The van der Waals surface area contributed by atoms with Crippen molar-refractivity contribution in [3.8, 4) is 0 Å². The monoisotopic (exact) mass is 322 g/mol. The fourth-order valence-electron chi connectivity index (χ4n) is 1.96. The molecule has 0 unspecified atom stereocenters. The van der Waals surface area contributed by atoms with E-state index in [1.54, 1.807) is 12.1 Å². The topological polar surface area (TPSA) is 38.0 Å². The zero-order valence-corrected chi connectivity index (χ0v) is 12.3. The molecule has 2 rings (SSSR count). The van der Waals surface area contributed by atoms with Crippen LogP contribution in [0.4, 0.5) is 15.8 Å². The van der Waals surface area contributed by atoms with E-state index in [4.69, 9.17) is 5.73 Å². The molecule has 0 radical (unpaired) electrons. The SMILES string of the molecule is Cc1ccc(Br)cc1CCNc1c(N)cccc1F. The molecule has 0 amide bonds. The maximum atomic E-state index is 13.6. The number of hydrogen-bond donors (Lipinski definition) is 2. The number of nitrogen functional groups attached to an aromatic ring is 1. The first kappa shape index (κ1) is 13.9. The van der Waals surface area contributed by atoms with Gasteiger partial charge in [-0.05, 0) is 48.7 Å². The van der Waals surface area contributed by atoms with Gasteiger partial charge in [-0.1, -0.05) is 28.1 Å². The van der Waals surface area contributed by atoms with E-state index in [-0.39, 0.29) is 5.82 Å². The Labute approximate surface area is 121 Å². The van der Waals surface area contributed by atoms with E-state index < -0.39 is 0 Å². The van der Waals surface area contributed by atoms with Crippen LogP contribution in [-0.2, 0) is 6.42 Å². The summed E-state index contributed by atoms with van der Waals surface area (Å²) in [6.45, 7) is 2.71. The third-order valence-electron chi connectivity index (χ3n) is 3.05. The number of para-hydroxylation sites is 1. The molecule has 2 aromatic carbocycles. The van der Waals surface area contributed by atoms with Crippen LogP contribution in [0.2, 0.25) is 0 Å². The van der Waals surface area contributed by atoms with E-state index in [2.05, 4.69) is 40.3 Å². The molecule has 4 heteroatoms. The quantitative estimate of drug-likeness (QED) is 0.830. The van der Waals surface area contributed by atoms with E-state index in [0.29, 0.717) is 17.9 Å². The highest BCUT2D eigenvalue weighted by Gasteiger charge is 2.05. The molecule has 0 aliphatic heterocycles. The summed E-state index contributed by atoms with van der Waals surface area (Å²) in [5, 5.41) is 3.06. The van der Waals surface area contributed by atoms with E-state index >= 15 is 0 Å². The molecule has 0 bridgehead atoms. The second kappa shape index (κ2) is 6.06. The number of benzene rings is 2. The number of nitrogens with one attached hydrogen (secondary N) is 1. The van der Waals surface area contributed by atoms with Crippen molar-refractivity contribution in [2.24, 2.45) is 0 Å². The molecule has 2 nitrogen and oxygen atoms in total. The second-order valence-corrected chi connectivity index (χ2v) is 5.37. The Hall–Kier alpha value is -1.55. The van der Waals surface area contributed by atoms with Crippen molar-refractivity contribution in [3.05, 3.63) is 57.8 Å². The molecular weight excluding hydrogens is 307 g/mol. The summed E-state index contributed by atoms with van der Waals surface area (Å²) >= 11 is 3.46.